The molecule has 27 heavy (non-hydrogen) atoms. The van der Waals surface area contributed by atoms with Crippen LogP contribution in [0.15, 0.2) is 66.0 Å². The first kappa shape index (κ1) is 17.5. The summed E-state index contributed by atoms with van der Waals surface area (Å²) in [6.45, 7) is 4.81. The van der Waals surface area contributed by atoms with Crippen molar-refractivity contribution < 1.29 is 4.79 Å². The van der Waals surface area contributed by atoms with Crippen LogP contribution in [0, 0.1) is 0 Å². The number of rotatable bonds is 5. The minimum Gasteiger partial charge on any atom is -0.324 e. The number of para-hydroxylation sites is 2. The number of hydrogen-bond donors (Lipinski definition) is 1. The van der Waals surface area contributed by atoms with Crippen LogP contribution in [0.2, 0.25) is 0 Å². The van der Waals surface area contributed by atoms with Crippen molar-refractivity contribution in [3.63, 3.8) is 0 Å². The van der Waals surface area contributed by atoms with Gasteiger partial charge in [-0.2, -0.15) is 0 Å². The van der Waals surface area contributed by atoms with Gasteiger partial charge in [0.05, 0.1) is 27.5 Å². The van der Waals surface area contributed by atoms with Crippen molar-refractivity contribution in [2.45, 2.75) is 30.8 Å². The number of thioether (sulfide) groups is 1. The lowest BCUT2D eigenvalue weighted by Gasteiger charge is -2.14. The maximum atomic E-state index is 12.8. The van der Waals surface area contributed by atoms with E-state index >= 15 is 0 Å². The van der Waals surface area contributed by atoms with Gasteiger partial charge in [-0.15, -0.1) is 0 Å². The molecule has 4 aromatic rings. The Bertz CT molecular complexity index is 1120. The number of carbonyl (C=O) groups is 1. The molecule has 0 spiro atoms. The van der Waals surface area contributed by atoms with Crippen LogP contribution in [0.4, 0.5) is 5.69 Å². The molecule has 4 rings (SSSR count). The van der Waals surface area contributed by atoms with Crippen LogP contribution in [0.25, 0.3) is 21.9 Å². The summed E-state index contributed by atoms with van der Waals surface area (Å²) in [6.07, 6.45) is 1.75. The number of pyridine rings is 1. The number of carbonyl (C=O) groups excluding carboxylic acids is 1. The van der Waals surface area contributed by atoms with Gasteiger partial charge in [0.25, 0.3) is 0 Å². The van der Waals surface area contributed by atoms with Gasteiger partial charge in [-0.25, -0.2) is 4.98 Å². The molecule has 1 amide bonds. The Kier molecular flexibility index (Phi) is 4.81. The van der Waals surface area contributed by atoms with Gasteiger partial charge in [0.15, 0.2) is 5.16 Å². The van der Waals surface area contributed by atoms with Gasteiger partial charge < -0.3 is 9.88 Å². The predicted octanol–water partition coefficient (Wildman–Crippen LogP) is 4.72. The first-order valence-corrected chi connectivity index (χ1v) is 9.82. The maximum Gasteiger partial charge on any atom is 0.237 e. The number of imidazole rings is 1. The standard InChI is InChI=1S/C21H20N4OS/c1-3-25-19-12-5-4-9-18(19)24-21(25)27-14(2)20(26)23-17-11-6-10-16-15(17)8-7-13-22-16/h4-14H,3H2,1-2H3,(H,23,26). The molecule has 1 atom stereocenters. The summed E-state index contributed by atoms with van der Waals surface area (Å²) in [5.41, 5.74) is 3.69. The number of aryl methyl sites for hydroxylation is 1. The molecule has 2 aromatic carbocycles. The topological polar surface area (TPSA) is 59.8 Å². The Balaban J connectivity index is 1.56. The van der Waals surface area contributed by atoms with E-state index in [0.717, 1.165) is 39.3 Å². The van der Waals surface area contributed by atoms with E-state index in [1.165, 1.54) is 11.8 Å². The van der Waals surface area contributed by atoms with Crippen molar-refractivity contribution >= 4 is 45.3 Å². The molecule has 5 nitrogen and oxygen atoms in total. The fraction of sp³-hybridized carbons (Fsp3) is 0.190. The second kappa shape index (κ2) is 7.40. The zero-order chi connectivity index (χ0) is 18.8. The van der Waals surface area contributed by atoms with Gasteiger partial charge in [-0.3, -0.25) is 9.78 Å². The highest BCUT2D eigenvalue weighted by molar-refractivity contribution is 8.00. The minimum atomic E-state index is -0.279. The van der Waals surface area contributed by atoms with E-state index < -0.39 is 0 Å². The molecule has 0 saturated heterocycles. The molecule has 0 fully saturated rings. The minimum absolute atomic E-state index is 0.0499. The van der Waals surface area contributed by atoms with Gasteiger partial charge in [0, 0.05) is 18.1 Å². The summed E-state index contributed by atoms with van der Waals surface area (Å²) in [7, 11) is 0. The van der Waals surface area contributed by atoms with E-state index in [1.807, 2.05) is 55.5 Å². The Labute approximate surface area is 161 Å². The third-order valence-electron chi connectivity index (χ3n) is 4.49. The Morgan fingerprint density at radius 2 is 1.93 bits per heavy atom. The Morgan fingerprint density at radius 1 is 1.11 bits per heavy atom. The van der Waals surface area contributed by atoms with E-state index in [1.54, 1.807) is 6.20 Å². The monoisotopic (exact) mass is 376 g/mol. The van der Waals surface area contributed by atoms with Crippen molar-refractivity contribution in [2.75, 3.05) is 5.32 Å². The summed E-state index contributed by atoms with van der Waals surface area (Å²) in [6, 6.07) is 17.6. The number of benzene rings is 2. The highest BCUT2D eigenvalue weighted by atomic mass is 32.2. The smallest absolute Gasteiger partial charge is 0.237 e. The fourth-order valence-electron chi connectivity index (χ4n) is 3.11. The number of fused-ring (bicyclic) bond motifs is 2. The van der Waals surface area contributed by atoms with Crippen molar-refractivity contribution in [2.24, 2.45) is 0 Å². The van der Waals surface area contributed by atoms with E-state index in [2.05, 4.69) is 27.9 Å². The van der Waals surface area contributed by atoms with E-state index in [4.69, 9.17) is 4.98 Å². The molecule has 136 valence electrons. The van der Waals surface area contributed by atoms with Crippen molar-refractivity contribution in [3.8, 4) is 0 Å². The third kappa shape index (κ3) is 3.40. The summed E-state index contributed by atoms with van der Waals surface area (Å²) in [5, 5.41) is 4.56. The number of aromatic nitrogens is 3. The van der Waals surface area contributed by atoms with E-state index in [-0.39, 0.29) is 11.2 Å². The lowest BCUT2D eigenvalue weighted by atomic mass is 10.2. The van der Waals surface area contributed by atoms with E-state index in [0.29, 0.717) is 0 Å². The molecular weight excluding hydrogens is 356 g/mol. The molecule has 0 aliphatic carbocycles. The summed E-state index contributed by atoms with van der Waals surface area (Å²) in [5.74, 6) is -0.0499. The molecule has 1 unspecified atom stereocenters. The van der Waals surface area contributed by atoms with Crippen LogP contribution in [0.3, 0.4) is 0 Å². The number of amides is 1. The van der Waals surface area contributed by atoms with Gasteiger partial charge in [0.2, 0.25) is 5.91 Å². The molecule has 0 aliphatic rings. The van der Waals surface area contributed by atoms with Crippen molar-refractivity contribution in [1.29, 1.82) is 0 Å². The van der Waals surface area contributed by atoms with Crippen LogP contribution in [-0.2, 0) is 11.3 Å². The van der Waals surface area contributed by atoms with Gasteiger partial charge in [0.1, 0.15) is 0 Å². The molecule has 0 aliphatic heterocycles. The van der Waals surface area contributed by atoms with Crippen LogP contribution < -0.4 is 5.32 Å². The van der Waals surface area contributed by atoms with Crippen LogP contribution in [0.1, 0.15) is 13.8 Å². The average Bonchev–Trinajstić information content (AvgIpc) is 3.05. The number of nitrogens with zero attached hydrogens (tertiary/aromatic N) is 3. The zero-order valence-corrected chi connectivity index (χ0v) is 16.0. The molecule has 0 radical (unpaired) electrons. The largest absolute Gasteiger partial charge is 0.324 e. The highest BCUT2D eigenvalue weighted by Crippen LogP contribution is 2.28. The first-order chi connectivity index (χ1) is 13.2. The van der Waals surface area contributed by atoms with Crippen LogP contribution in [-0.4, -0.2) is 25.7 Å². The van der Waals surface area contributed by atoms with Crippen LogP contribution in [0.5, 0.6) is 0 Å². The quantitative estimate of drug-likeness (QED) is 0.512. The summed E-state index contributed by atoms with van der Waals surface area (Å²) >= 11 is 1.48. The highest BCUT2D eigenvalue weighted by Gasteiger charge is 2.19. The van der Waals surface area contributed by atoms with E-state index in [9.17, 15) is 4.79 Å². The molecule has 6 heteroatoms. The predicted molar refractivity (Wildman–Crippen MR) is 111 cm³/mol. The van der Waals surface area contributed by atoms with Crippen LogP contribution >= 0.6 is 11.8 Å². The first-order valence-electron chi connectivity index (χ1n) is 8.94. The van der Waals surface area contributed by atoms with Gasteiger partial charge in [-0.1, -0.05) is 30.0 Å². The Hall–Kier alpha value is -2.86. The normalized spacial score (nSPS) is 12.4. The number of nitrogens with one attached hydrogen (secondary N) is 1. The summed E-state index contributed by atoms with van der Waals surface area (Å²) < 4.78 is 2.14. The average molecular weight is 376 g/mol. The third-order valence-corrected chi connectivity index (χ3v) is 5.58. The van der Waals surface area contributed by atoms with Gasteiger partial charge >= 0.3 is 0 Å². The summed E-state index contributed by atoms with van der Waals surface area (Å²) in [4.78, 5) is 21.8. The number of hydrogen-bond acceptors (Lipinski definition) is 4. The number of anilines is 1. The van der Waals surface area contributed by atoms with Gasteiger partial charge in [-0.05, 0) is 50.2 Å². The lowest BCUT2D eigenvalue weighted by Crippen LogP contribution is -2.23. The zero-order valence-electron chi connectivity index (χ0n) is 15.2. The maximum absolute atomic E-state index is 12.8. The SMILES string of the molecule is CCn1c(SC(C)C(=O)Nc2cccc3ncccc23)nc2ccccc21. The Morgan fingerprint density at radius 3 is 2.78 bits per heavy atom. The fourth-order valence-corrected chi connectivity index (χ4v) is 4.10. The molecule has 0 bridgehead atoms. The van der Waals surface area contributed by atoms with Crippen molar-refractivity contribution in [3.05, 3.63) is 60.8 Å². The molecule has 2 heterocycles. The second-order valence-electron chi connectivity index (χ2n) is 6.25. The van der Waals surface area contributed by atoms with Crippen molar-refractivity contribution in [1.82, 2.24) is 14.5 Å². The lowest BCUT2D eigenvalue weighted by molar-refractivity contribution is -0.115. The molecule has 1 N–H and O–H groups in total. The molecule has 0 saturated carbocycles. The molecular formula is C21H20N4OS. The molecule has 2 aromatic heterocycles. The second-order valence-corrected chi connectivity index (χ2v) is 7.56.